The van der Waals surface area contributed by atoms with Gasteiger partial charge in [0.15, 0.2) is 23.0 Å². The summed E-state index contributed by atoms with van der Waals surface area (Å²) in [6.45, 7) is 8.29. The summed E-state index contributed by atoms with van der Waals surface area (Å²) in [6, 6.07) is 8.25. The van der Waals surface area contributed by atoms with Crippen molar-refractivity contribution < 1.29 is 18.9 Å². The lowest BCUT2D eigenvalue weighted by atomic mass is 10.0. The lowest BCUT2D eigenvalue weighted by molar-refractivity contribution is 0.352. The van der Waals surface area contributed by atoms with Gasteiger partial charge in [0, 0.05) is 0 Å². The predicted octanol–water partition coefficient (Wildman–Crippen LogP) is 4.86. The molecule has 0 aromatic heterocycles. The van der Waals surface area contributed by atoms with Crippen LogP contribution < -0.4 is 29.6 Å². The first-order valence-electron chi connectivity index (χ1n) is 12.4. The molecule has 6 heteroatoms. The van der Waals surface area contributed by atoms with Crippen molar-refractivity contribution >= 4 is 0 Å². The summed E-state index contributed by atoms with van der Waals surface area (Å²) in [7, 11) is 6.74. The monoisotopic (exact) mass is 472 g/mol. The molecular weight excluding hydrogens is 428 g/mol. The molecule has 0 unspecified atom stereocenters. The smallest absolute Gasteiger partial charge is 0.163 e. The van der Waals surface area contributed by atoms with E-state index < -0.39 is 0 Å². The Balaban J connectivity index is 1.52. The van der Waals surface area contributed by atoms with E-state index in [2.05, 4.69) is 36.6 Å². The summed E-state index contributed by atoms with van der Waals surface area (Å²) >= 11 is 0. The molecule has 0 atom stereocenters. The second kappa shape index (κ2) is 15.5. The van der Waals surface area contributed by atoms with E-state index in [0.29, 0.717) is 0 Å². The molecule has 2 aromatic rings. The van der Waals surface area contributed by atoms with Gasteiger partial charge >= 0.3 is 0 Å². The molecule has 34 heavy (non-hydrogen) atoms. The summed E-state index contributed by atoms with van der Waals surface area (Å²) in [5, 5.41) is 7.14. The Morgan fingerprint density at radius 3 is 1.29 bits per heavy atom. The van der Waals surface area contributed by atoms with E-state index >= 15 is 0 Å². The van der Waals surface area contributed by atoms with Gasteiger partial charge in [-0.25, -0.2) is 0 Å². The standard InChI is InChI=1S/C28H44N2O4/c1-21-23(11-13-25(31-3)27(21)33-5)15-19-29-17-9-7-8-10-18-30-20-16-24-12-14-26(32-4)28(34-6)22(24)2/h11-14,29-30H,7-10,15-20H2,1-6H3. The molecule has 0 heterocycles. The second-order valence-corrected chi connectivity index (χ2v) is 8.58. The maximum Gasteiger partial charge on any atom is 0.163 e. The van der Waals surface area contributed by atoms with Crippen LogP contribution in [0.3, 0.4) is 0 Å². The van der Waals surface area contributed by atoms with E-state index in [1.165, 1.54) is 36.8 Å². The highest BCUT2D eigenvalue weighted by atomic mass is 16.5. The van der Waals surface area contributed by atoms with Crippen molar-refractivity contribution in [3.63, 3.8) is 0 Å². The maximum atomic E-state index is 5.50. The molecule has 0 saturated carbocycles. The van der Waals surface area contributed by atoms with Crippen molar-refractivity contribution in [1.82, 2.24) is 10.6 Å². The molecule has 0 aliphatic heterocycles. The molecule has 0 saturated heterocycles. The van der Waals surface area contributed by atoms with Crippen LogP contribution in [0.15, 0.2) is 24.3 Å². The molecule has 2 N–H and O–H groups in total. The molecule has 2 rings (SSSR count). The molecule has 0 amide bonds. The number of hydrogen-bond acceptors (Lipinski definition) is 6. The van der Waals surface area contributed by atoms with Gasteiger partial charge in [-0.15, -0.1) is 0 Å². The minimum absolute atomic E-state index is 0.794. The predicted molar refractivity (Wildman–Crippen MR) is 140 cm³/mol. The molecule has 0 aliphatic carbocycles. The molecule has 190 valence electrons. The Morgan fingerprint density at radius 2 is 0.941 bits per heavy atom. The first-order valence-corrected chi connectivity index (χ1v) is 12.4. The van der Waals surface area contributed by atoms with Crippen LogP contribution in [0.5, 0.6) is 23.0 Å². The summed E-state index contributed by atoms with van der Waals surface area (Å²) in [5.74, 6) is 3.27. The van der Waals surface area contributed by atoms with Gasteiger partial charge in [-0.1, -0.05) is 25.0 Å². The molecular formula is C28H44N2O4. The number of benzene rings is 2. The van der Waals surface area contributed by atoms with Gasteiger partial charge in [0.25, 0.3) is 0 Å². The topological polar surface area (TPSA) is 61.0 Å². The SMILES string of the molecule is COc1ccc(CCNCCCCCCNCCc2ccc(OC)c(OC)c2C)c(C)c1OC. The zero-order valence-corrected chi connectivity index (χ0v) is 22.0. The van der Waals surface area contributed by atoms with E-state index in [-0.39, 0.29) is 0 Å². The Kier molecular flexibility index (Phi) is 12.6. The number of unbranched alkanes of at least 4 members (excludes halogenated alkanes) is 3. The van der Waals surface area contributed by atoms with Crippen LogP contribution in [0.1, 0.15) is 47.9 Å². The van der Waals surface area contributed by atoms with Gasteiger partial charge < -0.3 is 29.6 Å². The van der Waals surface area contributed by atoms with Gasteiger partial charge in [-0.05, 0) is 100 Å². The van der Waals surface area contributed by atoms with Gasteiger partial charge in [0.2, 0.25) is 0 Å². The fourth-order valence-corrected chi connectivity index (χ4v) is 4.34. The molecule has 0 aliphatic rings. The van der Waals surface area contributed by atoms with Crippen molar-refractivity contribution in [2.75, 3.05) is 54.6 Å². The van der Waals surface area contributed by atoms with Crippen molar-refractivity contribution in [3.05, 3.63) is 46.5 Å². The van der Waals surface area contributed by atoms with Crippen molar-refractivity contribution in [1.29, 1.82) is 0 Å². The number of hydrogen-bond donors (Lipinski definition) is 2. The van der Waals surface area contributed by atoms with E-state index in [1.54, 1.807) is 28.4 Å². The maximum absolute atomic E-state index is 5.50. The summed E-state index contributed by atoms with van der Waals surface area (Å²) in [6.07, 6.45) is 6.95. The number of ether oxygens (including phenoxy) is 4. The Bertz CT molecular complexity index is 798. The van der Waals surface area contributed by atoms with Crippen LogP contribution >= 0.6 is 0 Å². The average molecular weight is 473 g/mol. The fraction of sp³-hybridized carbons (Fsp3) is 0.571. The van der Waals surface area contributed by atoms with Crippen LogP contribution in [-0.2, 0) is 12.8 Å². The highest BCUT2D eigenvalue weighted by Crippen LogP contribution is 2.33. The molecule has 0 radical (unpaired) electrons. The first kappa shape index (κ1) is 27.8. The Morgan fingerprint density at radius 1 is 0.529 bits per heavy atom. The van der Waals surface area contributed by atoms with Gasteiger partial charge in [-0.3, -0.25) is 0 Å². The average Bonchev–Trinajstić information content (AvgIpc) is 2.85. The fourth-order valence-electron chi connectivity index (χ4n) is 4.34. The second-order valence-electron chi connectivity index (χ2n) is 8.58. The minimum atomic E-state index is 0.794. The molecule has 0 spiro atoms. The summed E-state index contributed by atoms with van der Waals surface area (Å²) < 4.78 is 21.7. The zero-order chi connectivity index (χ0) is 24.8. The highest BCUT2D eigenvalue weighted by molar-refractivity contribution is 5.51. The van der Waals surface area contributed by atoms with Crippen LogP contribution in [0, 0.1) is 13.8 Å². The van der Waals surface area contributed by atoms with E-state index in [0.717, 1.165) is 73.1 Å². The van der Waals surface area contributed by atoms with Gasteiger partial charge in [0.05, 0.1) is 28.4 Å². The first-order chi connectivity index (χ1) is 16.6. The molecule has 0 fully saturated rings. The van der Waals surface area contributed by atoms with Crippen LogP contribution in [-0.4, -0.2) is 54.6 Å². The normalized spacial score (nSPS) is 10.9. The van der Waals surface area contributed by atoms with Gasteiger partial charge in [-0.2, -0.15) is 0 Å². The van der Waals surface area contributed by atoms with Crippen molar-refractivity contribution in [2.45, 2.75) is 52.4 Å². The quantitative estimate of drug-likeness (QED) is 0.321. The van der Waals surface area contributed by atoms with E-state index in [9.17, 15) is 0 Å². The van der Waals surface area contributed by atoms with Crippen molar-refractivity contribution in [3.8, 4) is 23.0 Å². The lowest BCUT2D eigenvalue weighted by Crippen LogP contribution is -2.20. The lowest BCUT2D eigenvalue weighted by Gasteiger charge is -2.14. The Hall–Kier alpha value is -2.44. The van der Waals surface area contributed by atoms with Crippen LogP contribution in [0.2, 0.25) is 0 Å². The molecule has 0 bridgehead atoms. The van der Waals surface area contributed by atoms with E-state index in [1.807, 2.05) is 12.1 Å². The largest absolute Gasteiger partial charge is 0.493 e. The van der Waals surface area contributed by atoms with Gasteiger partial charge in [0.1, 0.15) is 0 Å². The highest BCUT2D eigenvalue weighted by Gasteiger charge is 2.11. The third kappa shape index (κ3) is 8.10. The third-order valence-corrected chi connectivity index (χ3v) is 6.41. The van der Waals surface area contributed by atoms with Crippen LogP contribution in [0.4, 0.5) is 0 Å². The van der Waals surface area contributed by atoms with Crippen molar-refractivity contribution in [2.24, 2.45) is 0 Å². The Labute approximate surface area is 206 Å². The van der Waals surface area contributed by atoms with E-state index in [4.69, 9.17) is 18.9 Å². The summed E-state index contributed by atoms with van der Waals surface area (Å²) in [5.41, 5.74) is 4.94. The minimum Gasteiger partial charge on any atom is -0.493 e. The summed E-state index contributed by atoms with van der Waals surface area (Å²) in [4.78, 5) is 0. The third-order valence-electron chi connectivity index (χ3n) is 6.41. The number of rotatable bonds is 17. The molecule has 2 aromatic carbocycles. The number of methoxy groups -OCH3 is 4. The van der Waals surface area contributed by atoms with Crippen LogP contribution in [0.25, 0.3) is 0 Å². The number of nitrogens with one attached hydrogen (secondary N) is 2. The zero-order valence-electron chi connectivity index (χ0n) is 22.0. The molecule has 6 nitrogen and oxygen atoms in total.